The van der Waals surface area contributed by atoms with Gasteiger partial charge < -0.3 is 10.6 Å². The van der Waals surface area contributed by atoms with Crippen LogP contribution in [-0.2, 0) is 14.8 Å². The maximum Gasteiger partial charge on any atom is 0.232 e. The SMILES string of the molecule is CCS(=O)(=O)Nc1ccc(NC(=O)CCCNC)cc1.Cl. The van der Waals surface area contributed by atoms with Crippen molar-refractivity contribution in [2.24, 2.45) is 0 Å². The lowest BCUT2D eigenvalue weighted by Gasteiger charge is -2.08. The lowest BCUT2D eigenvalue weighted by atomic mass is 10.2. The molecular formula is C13H22ClN3O3S. The van der Waals surface area contributed by atoms with Gasteiger partial charge in [0.1, 0.15) is 0 Å². The van der Waals surface area contributed by atoms with Crippen LogP contribution in [0.25, 0.3) is 0 Å². The van der Waals surface area contributed by atoms with E-state index in [0.29, 0.717) is 17.8 Å². The number of amides is 1. The molecule has 0 unspecified atom stereocenters. The fraction of sp³-hybridized carbons (Fsp3) is 0.462. The third kappa shape index (κ3) is 7.89. The highest BCUT2D eigenvalue weighted by atomic mass is 35.5. The zero-order valence-electron chi connectivity index (χ0n) is 12.2. The van der Waals surface area contributed by atoms with Crippen molar-refractivity contribution in [3.8, 4) is 0 Å². The van der Waals surface area contributed by atoms with E-state index in [4.69, 9.17) is 0 Å². The van der Waals surface area contributed by atoms with Crippen molar-refractivity contribution >= 4 is 39.7 Å². The molecule has 0 radical (unpaired) electrons. The summed E-state index contributed by atoms with van der Waals surface area (Å²) in [5, 5.41) is 5.74. The van der Waals surface area contributed by atoms with Crippen molar-refractivity contribution in [2.45, 2.75) is 19.8 Å². The zero-order chi connectivity index (χ0) is 15.0. The van der Waals surface area contributed by atoms with Crippen molar-refractivity contribution in [3.05, 3.63) is 24.3 Å². The van der Waals surface area contributed by atoms with E-state index in [1.54, 1.807) is 31.2 Å². The van der Waals surface area contributed by atoms with Gasteiger partial charge in [0.05, 0.1) is 5.75 Å². The third-order valence-electron chi connectivity index (χ3n) is 2.65. The largest absolute Gasteiger partial charge is 0.326 e. The Morgan fingerprint density at radius 2 is 1.71 bits per heavy atom. The number of carbonyl (C=O) groups excluding carboxylic acids is 1. The van der Waals surface area contributed by atoms with Crippen LogP contribution in [0.15, 0.2) is 24.3 Å². The first-order chi connectivity index (χ1) is 9.46. The minimum Gasteiger partial charge on any atom is -0.326 e. The average molecular weight is 336 g/mol. The summed E-state index contributed by atoms with van der Waals surface area (Å²) in [5.41, 5.74) is 1.14. The van der Waals surface area contributed by atoms with Crippen molar-refractivity contribution in [1.29, 1.82) is 0 Å². The number of anilines is 2. The molecule has 0 saturated heterocycles. The average Bonchev–Trinajstić information content (AvgIpc) is 2.41. The summed E-state index contributed by atoms with van der Waals surface area (Å²) in [6.07, 6.45) is 1.22. The topological polar surface area (TPSA) is 87.3 Å². The van der Waals surface area contributed by atoms with Crippen LogP contribution >= 0.6 is 12.4 Å². The number of halogens is 1. The Morgan fingerprint density at radius 3 is 2.24 bits per heavy atom. The van der Waals surface area contributed by atoms with E-state index >= 15 is 0 Å². The number of hydrogen-bond acceptors (Lipinski definition) is 4. The van der Waals surface area contributed by atoms with E-state index in [9.17, 15) is 13.2 Å². The Bertz CT molecular complexity index is 532. The molecule has 0 aliphatic heterocycles. The predicted molar refractivity (Wildman–Crippen MR) is 88.6 cm³/mol. The van der Waals surface area contributed by atoms with Gasteiger partial charge >= 0.3 is 0 Å². The van der Waals surface area contributed by atoms with E-state index in [1.807, 2.05) is 7.05 Å². The van der Waals surface area contributed by atoms with Gasteiger partial charge in [-0.05, 0) is 51.2 Å². The van der Waals surface area contributed by atoms with Crippen LogP contribution < -0.4 is 15.4 Å². The Balaban J connectivity index is 0.00000400. The summed E-state index contributed by atoms with van der Waals surface area (Å²) in [4.78, 5) is 11.6. The van der Waals surface area contributed by atoms with E-state index < -0.39 is 10.0 Å². The summed E-state index contributed by atoms with van der Waals surface area (Å²) >= 11 is 0. The van der Waals surface area contributed by atoms with Crippen LogP contribution in [0.1, 0.15) is 19.8 Å². The molecule has 1 aromatic carbocycles. The third-order valence-corrected chi connectivity index (χ3v) is 3.96. The first-order valence-corrected chi connectivity index (χ1v) is 8.17. The summed E-state index contributed by atoms with van der Waals surface area (Å²) in [6.45, 7) is 2.37. The maximum absolute atomic E-state index is 11.6. The molecule has 1 rings (SSSR count). The molecule has 1 aromatic rings. The Morgan fingerprint density at radius 1 is 1.14 bits per heavy atom. The molecule has 0 fully saturated rings. The molecule has 6 nitrogen and oxygen atoms in total. The van der Waals surface area contributed by atoms with E-state index in [2.05, 4.69) is 15.4 Å². The number of benzene rings is 1. The molecule has 0 spiro atoms. The number of carbonyl (C=O) groups is 1. The van der Waals surface area contributed by atoms with Crippen LogP contribution in [0.3, 0.4) is 0 Å². The van der Waals surface area contributed by atoms with Crippen LogP contribution in [0.5, 0.6) is 0 Å². The van der Waals surface area contributed by atoms with Crippen molar-refractivity contribution in [2.75, 3.05) is 29.4 Å². The number of hydrogen-bond donors (Lipinski definition) is 3. The lowest BCUT2D eigenvalue weighted by molar-refractivity contribution is -0.116. The lowest BCUT2D eigenvalue weighted by Crippen LogP contribution is -2.16. The summed E-state index contributed by atoms with van der Waals surface area (Å²) in [7, 11) is -1.43. The van der Waals surface area contributed by atoms with Gasteiger partial charge in [0, 0.05) is 17.8 Å². The Labute approximate surface area is 132 Å². The van der Waals surface area contributed by atoms with E-state index in [1.165, 1.54) is 0 Å². The standard InChI is InChI=1S/C13H21N3O3S.ClH/c1-3-20(18,19)16-12-8-6-11(7-9-12)15-13(17)5-4-10-14-2;/h6-9,14,16H,3-5,10H2,1-2H3,(H,15,17);1H. The van der Waals surface area contributed by atoms with Crippen LogP contribution in [-0.4, -0.2) is 33.7 Å². The van der Waals surface area contributed by atoms with Crippen LogP contribution in [0.2, 0.25) is 0 Å². The molecule has 0 aliphatic rings. The zero-order valence-corrected chi connectivity index (χ0v) is 13.8. The van der Waals surface area contributed by atoms with Gasteiger partial charge in [0.2, 0.25) is 15.9 Å². The molecule has 0 aromatic heterocycles. The minimum atomic E-state index is -3.27. The van der Waals surface area contributed by atoms with E-state index in [-0.39, 0.29) is 24.1 Å². The van der Waals surface area contributed by atoms with Gasteiger partial charge in [-0.15, -0.1) is 12.4 Å². The molecule has 3 N–H and O–H groups in total. The quantitative estimate of drug-likeness (QED) is 0.632. The number of sulfonamides is 1. The van der Waals surface area contributed by atoms with Gasteiger partial charge in [0.25, 0.3) is 0 Å². The van der Waals surface area contributed by atoms with Crippen molar-refractivity contribution in [3.63, 3.8) is 0 Å². The van der Waals surface area contributed by atoms with Gasteiger partial charge in [-0.1, -0.05) is 0 Å². The Hall–Kier alpha value is -1.31. The molecule has 0 saturated carbocycles. The fourth-order valence-electron chi connectivity index (χ4n) is 1.52. The molecule has 0 bridgehead atoms. The van der Waals surface area contributed by atoms with Crippen molar-refractivity contribution < 1.29 is 13.2 Å². The van der Waals surface area contributed by atoms with Crippen molar-refractivity contribution in [1.82, 2.24) is 5.32 Å². The first-order valence-electron chi connectivity index (χ1n) is 6.52. The predicted octanol–water partition coefficient (Wildman–Crippen LogP) is 1.81. The van der Waals surface area contributed by atoms with E-state index in [0.717, 1.165) is 13.0 Å². The number of rotatable bonds is 8. The highest BCUT2D eigenvalue weighted by Gasteiger charge is 2.07. The second kappa shape index (κ2) is 9.59. The minimum absolute atomic E-state index is 0. The van der Waals surface area contributed by atoms with Gasteiger partial charge in [-0.3, -0.25) is 9.52 Å². The van der Waals surface area contributed by atoms with Gasteiger partial charge in [-0.2, -0.15) is 0 Å². The van der Waals surface area contributed by atoms with Gasteiger partial charge in [-0.25, -0.2) is 8.42 Å². The molecule has 8 heteroatoms. The summed E-state index contributed by atoms with van der Waals surface area (Å²) < 4.78 is 25.2. The highest BCUT2D eigenvalue weighted by Crippen LogP contribution is 2.15. The van der Waals surface area contributed by atoms with Gasteiger partial charge in [0.15, 0.2) is 0 Å². The molecular weight excluding hydrogens is 314 g/mol. The smallest absolute Gasteiger partial charge is 0.232 e. The van der Waals surface area contributed by atoms with Crippen LogP contribution in [0.4, 0.5) is 11.4 Å². The molecule has 0 heterocycles. The molecule has 120 valence electrons. The maximum atomic E-state index is 11.6. The highest BCUT2D eigenvalue weighted by molar-refractivity contribution is 7.92. The molecule has 0 aliphatic carbocycles. The monoisotopic (exact) mass is 335 g/mol. The Kier molecular flexibility index (Phi) is 9.00. The summed E-state index contributed by atoms with van der Waals surface area (Å²) in [5.74, 6) is -0.0288. The first kappa shape index (κ1) is 19.7. The normalized spacial score (nSPS) is 10.6. The number of nitrogens with one attached hydrogen (secondary N) is 3. The molecule has 0 atom stereocenters. The molecule has 1 amide bonds. The second-order valence-corrected chi connectivity index (χ2v) is 6.35. The molecule has 21 heavy (non-hydrogen) atoms. The van der Waals surface area contributed by atoms with Crippen LogP contribution in [0, 0.1) is 0 Å². The second-order valence-electron chi connectivity index (χ2n) is 4.34. The summed E-state index contributed by atoms with van der Waals surface area (Å²) in [6, 6.07) is 6.58. The fourth-order valence-corrected chi connectivity index (χ4v) is 2.16.